The first-order chi connectivity index (χ1) is 16.4. The van der Waals surface area contributed by atoms with Gasteiger partial charge in [0.2, 0.25) is 11.7 Å². The van der Waals surface area contributed by atoms with Gasteiger partial charge in [-0.15, -0.1) is 10.0 Å². The number of hydrogen-bond donors (Lipinski definition) is 1. The van der Waals surface area contributed by atoms with E-state index >= 15 is 0 Å². The number of tetrazole rings is 1. The Morgan fingerprint density at radius 1 is 1.12 bits per heavy atom. The van der Waals surface area contributed by atoms with Crippen molar-refractivity contribution in [1.82, 2.24) is 25.2 Å². The SMILES string of the molecule is CCCCC(=O)N(Cc1ccc(-c2ccccc2)c(-c2nnnn2N=O)c1)[C@H](C(=O)O)C(C)C. The standard InChI is InChI=1S/C24H28N6O4/c1-4-5-11-21(31)29(22(16(2)3)24(32)33)15-17-12-13-19(18-9-7-6-8-10-18)20(14-17)23-25-26-27-30(23)28-34/h6-10,12-14,16,22H,4-5,11,15H2,1-3H3,(H,32,33)/t22-/m0/s1. The van der Waals surface area contributed by atoms with Gasteiger partial charge in [-0.1, -0.05) is 74.4 Å². The first-order valence-corrected chi connectivity index (χ1v) is 11.2. The molecule has 1 heterocycles. The van der Waals surface area contributed by atoms with Crippen LogP contribution in [0.1, 0.15) is 45.6 Å². The van der Waals surface area contributed by atoms with Crippen LogP contribution in [0.2, 0.25) is 0 Å². The summed E-state index contributed by atoms with van der Waals surface area (Å²) in [5, 5.41) is 23.8. The Morgan fingerprint density at radius 2 is 1.85 bits per heavy atom. The van der Waals surface area contributed by atoms with Crippen LogP contribution in [0.5, 0.6) is 0 Å². The van der Waals surface area contributed by atoms with E-state index in [-0.39, 0.29) is 30.6 Å². The molecule has 0 bridgehead atoms. The van der Waals surface area contributed by atoms with Gasteiger partial charge in [0.25, 0.3) is 0 Å². The number of hydrogen-bond acceptors (Lipinski definition) is 7. The molecule has 1 aromatic heterocycles. The molecule has 0 spiro atoms. The number of aliphatic carboxylic acids is 1. The van der Waals surface area contributed by atoms with Crippen LogP contribution in [0, 0.1) is 10.8 Å². The van der Waals surface area contributed by atoms with E-state index in [0.717, 1.165) is 22.3 Å². The normalized spacial score (nSPS) is 11.9. The van der Waals surface area contributed by atoms with E-state index < -0.39 is 12.0 Å². The molecule has 0 aliphatic rings. The quantitative estimate of drug-likeness (QED) is 0.421. The first-order valence-electron chi connectivity index (χ1n) is 11.2. The number of benzene rings is 2. The highest BCUT2D eigenvalue weighted by molar-refractivity contribution is 5.84. The minimum atomic E-state index is -1.05. The highest BCUT2D eigenvalue weighted by atomic mass is 16.4. The summed E-state index contributed by atoms with van der Waals surface area (Å²) in [5.41, 5.74) is 2.88. The predicted molar refractivity (Wildman–Crippen MR) is 126 cm³/mol. The van der Waals surface area contributed by atoms with Crippen LogP contribution in [0.25, 0.3) is 22.5 Å². The van der Waals surface area contributed by atoms with E-state index in [1.807, 2.05) is 49.4 Å². The predicted octanol–water partition coefficient (Wildman–Crippen LogP) is 4.16. The fourth-order valence-electron chi connectivity index (χ4n) is 3.93. The Morgan fingerprint density at radius 3 is 2.47 bits per heavy atom. The lowest BCUT2D eigenvalue weighted by atomic mass is 9.95. The molecule has 0 saturated carbocycles. The number of nitroso groups, excluding NO2 is 1. The van der Waals surface area contributed by atoms with Crippen LogP contribution in [0.3, 0.4) is 0 Å². The zero-order chi connectivity index (χ0) is 24.7. The van der Waals surface area contributed by atoms with E-state index in [1.165, 1.54) is 4.90 Å². The average Bonchev–Trinajstić information content (AvgIpc) is 3.31. The Hall–Kier alpha value is -3.95. The van der Waals surface area contributed by atoms with Crippen LogP contribution in [0.4, 0.5) is 0 Å². The van der Waals surface area contributed by atoms with E-state index in [0.29, 0.717) is 17.5 Å². The highest BCUT2D eigenvalue weighted by Crippen LogP contribution is 2.32. The van der Waals surface area contributed by atoms with Crippen molar-refractivity contribution >= 4 is 11.9 Å². The Balaban J connectivity index is 2.09. The number of carboxylic acid groups (broad SMARTS) is 1. The second kappa shape index (κ2) is 11.3. The molecular formula is C24H28N6O4. The first kappa shape index (κ1) is 24.7. The third-order valence-electron chi connectivity index (χ3n) is 5.58. The number of carbonyl (C=O) groups is 2. The van der Waals surface area contributed by atoms with Gasteiger partial charge >= 0.3 is 5.97 Å². The number of unbranched alkanes of at least 4 members (excludes halogenated alkanes) is 1. The summed E-state index contributed by atoms with van der Waals surface area (Å²) in [6.07, 6.45) is 1.78. The maximum Gasteiger partial charge on any atom is 0.326 e. The number of rotatable bonds is 11. The van der Waals surface area contributed by atoms with Crippen molar-refractivity contribution in [1.29, 1.82) is 0 Å². The van der Waals surface area contributed by atoms with Crippen molar-refractivity contribution in [3.63, 3.8) is 0 Å². The van der Waals surface area contributed by atoms with Gasteiger partial charge in [0.1, 0.15) is 6.04 Å². The highest BCUT2D eigenvalue weighted by Gasteiger charge is 2.32. The van der Waals surface area contributed by atoms with Crippen molar-refractivity contribution in [2.75, 3.05) is 0 Å². The van der Waals surface area contributed by atoms with Crippen LogP contribution < -0.4 is 0 Å². The lowest BCUT2D eigenvalue weighted by Gasteiger charge is -2.32. The molecule has 0 aliphatic carbocycles. The van der Waals surface area contributed by atoms with Gasteiger partial charge in [0, 0.05) is 18.5 Å². The van der Waals surface area contributed by atoms with Gasteiger partial charge in [-0.25, -0.2) is 4.79 Å². The molecule has 2 aromatic carbocycles. The molecule has 0 aliphatic heterocycles. The molecular weight excluding hydrogens is 436 g/mol. The lowest BCUT2D eigenvalue weighted by Crippen LogP contribution is -2.47. The molecule has 34 heavy (non-hydrogen) atoms. The van der Waals surface area contributed by atoms with E-state index in [1.54, 1.807) is 19.9 Å². The van der Waals surface area contributed by atoms with Crippen LogP contribution in [-0.4, -0.2) is 48.2 Å². The van der Waals surface area contributed by atoms with Crippen LogP contribution in [-0.2, 0) is 16.1 Å². The minimum Gasteiger partial charge on any atom is -0.480 e. The zero-order valence-electron chi connectivity index (χ0n) is 19.5. The Labute approximate surface area is 197 Å². The van der Waals surface area contributed by atoms with Crippen LogP contribution in [0.15, 0.2) is 53.8 Å². The van der Waals surface area contributed by atoms with Gasteiger partial charge in [0.15, 0.2) is 0 Å². The van der Waals surface area contributed by atoms with Gasteiger partial charge in [-0.2, -0.15) is 0 Å². The molecule has 0 fully saturated rings. The monoisotopic (exact) mass is 464 g/mol. The van der Waals surface area contributed by atoms with Gasteiger partial charge in [-0.3, -0.25) is 4.79 Å². The number of aromatic nitrogens is 4. The molecule has 178 valence electrons. The number of nitrogens with zero attached hydrogens (tertiary/aromatic N) is 6. The molecule has 1 atom stereocenters. The van der Waals surface area contributed by atoms with Crippen LogP contribution >= 0.6 is 0 Å². The average molecular weight is 465 g/mol. The number of carbonyl (C=O) groups excluding carboxylic acids is 1. The Kier molecular flexibility index (Phi) is 8.18. The van der Waals surface area contributed by atoms with E-state index in [9.17, 15) is 19.6 Å². The second-order valence-corrected chi connectivity index (χ2v) is 8.37. The summed E-state index contributed by atoms with van der Waals surface area (Å²) >= 11 is 0. The summed E-state index contributed by atoms with van der Waals surface area (Å²) < 4.78 is 0. The molecule has 3 aromatic rings. The smallest absolute Gasteiger partial charge is 0.326 e. The number of amides is 1. The van der Waals surface area contributed by atoms with Gasteiger partial charge < -0.3 is 10.0 Å². The Bertz CT molecular complexity index is 1150. The molecule has 0 radical (unpaired) electrons. The zero-order valence-corrected chi connectivity index (χ0v) is 19.5. The topological polar surface area (TPSA) is 131 Å². The summed E-state index contributed by atoms with van der Waals surface area (Å²) in [5.74, 6) is -1.39. The molecule has 1 N–H and O–H groups in total. The molecule has 0 unspecified atom stereocenters. The molecule has 1 amide bonds. The summed E-state index contributed by atoms with van der Waals surface area (Å²) in [6, 6.07) is 14.0. The molecule has 10 heteroatoms. The van der Waals surface area contributed by atoms with Gasteiger partial charge in [-0.05, 0) is 45.5 Å². The van der Waals surface area contributed by atoms with Crippen molar-refractivity contribution in [3.05, 3.63) is 59.0 Å². The van der Waals surface area contributed by atoms with Crippen molar-refractivity contribution in [2.24, 2.45) is 11.2 Å². The maximum atomic E-state index is 13.0. The molecule has 0 saturated heterocycles. The largest absolute Gasteiger partial charge is 0.480 e. The fraction of sp³-hybridized carbons (Fsp3) is 0.375. The fourth-order valence-corrected chi connectivity index (χ4v) is 3.93. The summed E-state index contributed by atoms with van der Waals surface area (Å²) in [6.45, 7) is 5.64. The summed E-state index contributed by atoms with van der Waals surface area (Å²) in [7, 11) is 0. The minimum absolute atomic E-state index is 0.0931. The van der Waals surface area contributed by atoms with E-state index in [4.69, 9.17) is 0 Å². The molecule has 3 rings (SSSR count). The van der Waals surface area contributed by atoms with Crippen molar-refractivity contribution in [3.8, 4) is 22.5 Å². The lowest BCUT2D eigenvalue weighted by molar-refractivity contribution is -0.153. The number of carboxylic acids is 1. The van der Waals surface area contributed by atoms with E-state index in [2.05, 4.69) is 20.8 Å². The van der Waals surface area contributed by atoms with Crippen molar-refractivity contribution < 1.29 is 14.7 Å². The second-order valence-electron chi connectivity index (χ2n) is 8.37. The third kappa shape index (κ3) is 5.51. The third-order valence-corrected chi connectivity index (χ3v) is 5.58. The maximum absolute atomic E-state index is 13.0. The van der Waals surface area contributed by atoms with Crippen molar-refractivity contribution in [2.45, 2.75) is 52.6 Å². The summed E-state index contributed by atoms with van der Waals surface area (Å²) in [4.78, 5) is 38.6. The van der Waals surface area contributed by atoms with Gasteiger partial charge in [0.05, 0.1) is 5.29 Å². The molecule has 10 nitrogen and oxygen atoms in total.